The molecular formula is C60H42O2. The first-order valence-electron chi connectivity index (χ1n) is 21.7. The molecule has 2 aliphatic rings. The van der Waals surface area contributed by atoms with Crippen molar-refractivity contribution in [2.24, 2.45) is 0 Å². The van der Waals surface area contributed by atoms with Crippen molar-refractivity contribution < 1.29 is 8.83 Å². The van der Waals surface area contributed by atoms with E-state index in [2.05, 4.69) is 210 Å². The molecule has 0 saturated heterocycles. The molecule has 0 N–H and O–H groups in total. The standard InChI is InChI=1S/C60H42O2/c1-59(2)51-29-37(35-13-7-5-8-14-35)21-25-43(51)45-27-23-39(31-53(45)59)41-17-11-19-47-49-33-56-50(34-55(49)61-57(41)47)48-20-12-18-42(58(48)62-56)40-24-28-46-44-26-22-38(36-15-9-6-10-16-36)30-52(44)60(3,4)54(46)32-40/h5-34H,1-4H3. The van der Waals surface area contributed by atoms with Crippen LogP contribution < -0.4 is 0 Å². The van der Waals surface area contributed by atoms with Crippen molar-refractivity contribution >= 4 is 43.9 Å². The highest BCUT2D eigenvalue weighted by Crippen LogP contribution is 2.53. The lowest BCUT2D eigenvalue weighted by Gasteiger charge is -2.22. The number of hydrogen-bond acceptors (Lipinski definition) is 2. The van der Waals surface area contributed by atoms with Crippen LogP contribution in [-0.4, -0.2) is 0 Å². The number of benzene rings is 9. The summed E-state index contributed by atoms with van der Waals surface area (Å²) in [6.07, 6.45) is 0. The van der Waals surface area contributed by atoms with Gasteiger partial charge in [0.05, 0.1) is 0 Å². The molecule has 62 heavy (non-hydrogen) atoms. The Balaban J connectivity index is 0.880. The van der Waals surface area contributed by atoms with Gasteiger partial charge in [-0.3, -0.25) is 0 Å². The summed E-state index contributed by atoms with van der Waals surface area (Å²) < 4.78 is 13.8. The van der Waals surface area contributed by atoms with E-state index in [4.69, 9.17) is 8.83 Å². The molecule has 0 aliphatic heterocycles. The molecule has 0 unspecified atom stereocenters. The van der Waals surface area contributed by atoms with Crippen LogP contribution in [0, 0.1) is 0 Å². The molecule has 2 nitrogen and oxygen atoms in total. The van der Waals surface area contributed by atoms with Crippen LogP contribution in [0.5, 0.6) is 0 Å². The molecule has 11 aromatic rings. The fourth-order valence-electron chi connectivity index (χ4n) is 11.0. The lowest BCUT2D eigenvalue weighted by molar-refractivity contribution is 0.660. The third-order valence-electron chi connectivity index (χ3n) is 14.3. The van der Waals surface area contributed by atoms with Gasteiger partial charge in [0, 0.05) is 43.5 Å². The highest BCUT2D eigenvalue weighted by Gasteiger charge is 2.37. The molecule has 0 atom stereocenters. The van der Waals surface area contributed by atoms with Gasteiger partial charge in [-0.15, -0.1) is 0 Å². The summed E-state index contributed by atoms with van der Waals surface area (Å²) in [7, 11) is 0. The van der Waals surface area contributed by atoms with Gasteiger partial charge < -0.3 is 8.83 Å². The van der Waals surface area contributed by atoms with Gasteiger partial charge in [-0.05, 0) is 114 Å². The van der Waals surface area contributed by atoms with Gasteiger partial charge in [0.15, 0.2) is 0 Å². The van der Waals surface area contributed by atoms with Gasteiger partial charge in [-0.1, -0.05) is 173 Å². The Morgan fingerprint density at radius 3 is 1.02 bits per heavy atom. The fraction of sp³-hybridized carbons (Fsp3) is 0.100. The Bertz CT molecular complexity index is 3430. The van der Waals surface area contributed by atoms with E-state index in [1.165, 1.54) is 66.8 Å². The predicted octanol–water partition coefficient (Wildman–Crippen LogP) is 16.8. The van der Waals surface area contributed by atoms with E-state index in [0.29, 0.717) is 0 Å². The molecule has 2 heterocycles. The Morgan fingerprint density at radius 2 is 0.629 bits per heavy atom. The van der Waals surface area contributed by atoms with E-state index >= 15 is 0 Å². The smallest absolute Gasteiger partial charge is 0.143 e. The van der Waals surface area contributed by atoms with Crippen molar-refractivity contribution in [2.75, 3.05) is 0 Å². The molecule has 0 bridgehead atoms. The second-order valence-corrected chi connectivity index (χ2v) is 18.4. The van der Waals surface area contributed by atoms with Crippen molar-refractivity contribution in [2.45, 2.75) is 38.5 Å². The average Bonchev–Trinajstić information content (AvgIpc) is 4.00. The van der Waals surface area contributed by atoms with Gasteiger partial charge in [0.1, 0.15) is 22.3 Å². The maximum absolute atomic E-state index is 6.88. The lowest BCUT2D eigenvalue weighted by Crippen LogP contribution is -2.15. The van der Waals surface area contributed by atoms with E-state index in [9.17, 15) is 0 Å². The van der Waals surface area contributed by atoms with Crippen LogP contribution in [0.4, 0.5) is 0 Å². The zero-order valence-electron chi connectivity index (χ0n) is 35.1. The van der Waals surface area contributed by atoms with E-state index in [1.807, 2.05) is 0 Å². The molecule has 2 aromatic heterocycles. The Hall–Kier alpha value is -7.42. The van der Waals surface area contributed by atoms with Gasteiger partial charge in [-0.25, -0.2) is 0 Å². The molecular weight excluding hydrogens is 753 g/mol. The summed E-state index contributed by atoms with van der Waals surface area (Å²) in [5.41, 5.74) is 23.4. The van der Waals surface area contributed by atoms with E-state index in [1.54, 1.807) is 0 Å². The van der Waals surface area contributed by atoms with Crippen LogP contribution in [0.15, 0.2) is 191 Å². The molecule has 2 aliphatic carbocycles. The fourth-order valence-corrected chi connectivity index (χ4v) is 11.0. The Morgan fingerprint density at radius 1 is 0.274 bits per heavy atom. The molecule has 0 spiro atoms. The number of para-hydroxylation sites is 2. The van der Waals surface area contributed by atoms with Gasteiger partial charge in [-0.2, -0.15) is 0 Å². The summed E-state index contributed by atoms with van der Waals surface area (Å²) in [6.45, 7) is 9.42. The number of hydrogen-bond donors (Lipinski definition) is 0. The lowest BCUT2D eigenvalue weighted by atomic mass is 9.81. The monoisotopic (exact) mass is 794 g/mol. The first kappa shape index (κ1) is 35.3. The summed E-state index contributed by atoms with van der Waals surface area (Å²) in [6, 6.07) is 66.6. The maximum Gasteiger partial charge on any atom is 0.143 e. The number of fused-ring (bicyclic) bond motifs is 12. The quantitative estimate of drug-likeness (QED) is 0.177. The molecule has 0 amide bonds. The van der Waals surface area contributed by atoms with Crippen molar-refractivity contribution in [1.29, 1.82) is 0 Å². The Kier molecular flexibility index (Phi) is 7.16. The number of furan rings is 2. The van der Waals surface area contributed by atoms with Crippen LogP contribution in [0.2, 0.25) is 0 Å². The van der Waals surface area contributed by atoms with Crippen LogP contribution in [0.1, 0.15) is 49.9 Å². The molecule has 0 radical (unpaired) electrons. The third kappa shape index (κ3) is 4.92. The molecule has 0 fully saturated rings. The van der Waals surface area contributed by atoms with Crippen molar-refractivity contribution in [3.63, 3.8) is 0 Å². The third-order valence-corrected chi connectivity index (χ3v) is 14.3. The van der Waals surface area contributed by atoms with Gasteiger partial charge >= 0.3 is 0 Å². The molecule has 0 saturated carbocycles. The average molecular weight is 795 g/mol. The number of rotatable bonds is 4. The summed E-state index contributed by atoms with van der Waals surface area (Å²) >= 11 is 0. The van der Waals surface area contributed by atoms with Crippen molar-refractivity contribution in [3.05, 3.63) is 204 Å². The summed E-state index contributed by atoms with van der Waals surface area (Å²) in [4.78, 5) is 0. The summed E-state index contributed by atoms with van der Waals surface area (Å²) in [5, 5.41) is 4.30. The van der Waals surface area contributed by atoms with Gasteiger partial charge in [0.2, 0.25) is 0 Å². The van der Waals surface area contributed by atoms with Crippen molar-refractivity contribution in [1.82, 2.24) is 0 Å². The highest BCUT2D eigenvalue weighted by molar-refractivity contribution is 6.18. The van der Waals surface area contributed by atoms with Crippen LogP contribution in [0.3, 0.4) is 0 Å². The Labute approximate surface area is 360 Å². The van der Waals surface area contributed by atoms with Crippen LogP contribution in [-0.2, 0) is 10.8 Å². The van der Waals surface area contributed by atoms with E-state index in [-0.39, 0.29) is 10.8 Å². The van der Waals surface area contributed by atoms with Crippen LogP contribution in [0.25, 0.3) is 111 Å². The second kappa shape index (κ2) is 12.6. The summed E-state index contributed by atoms with van der Waals surface area (Å²) in [5.74, 6) is 0. The molecule has 294 valence electrons. The van der Waals surface area contributed by atoms with E-state index < -0.39 is 0 Å². The minimum atomic E-state index is -0.148. The zero-order valence-corrected chi connectivity index (χ0v) is 35.1. The second-order valence-electron chi connectivity index (χ2n) is 18.4. The maximum atomic E-state index is 6.88. The predicted molar refractivity (Wildman–Crippen MR) is 258 cm³/mol. The minimum Gasteiger partial charge on any atom is -0.455 e. The van der Waals surface area contributed by atoms with Crippen LogP contribution >= 0.6 is 0 Å². The highest BCUT2D eigenvalue weighted by atomic mass is 16.3. The first-order chi connectivity index (χ1) is 30.2. The largest absolute Gasteiger partial charge is 0.455 e. The normalized spacial score (nSPS) is 14.4. The first-order valence-corrected chi connectivity index (χ1v) is 21.7. The molecule has 13 rings (SSSR count). The van der Waals surface area contributed by atoms with Crippen molar-refractivity contribution in [3.8, 4) is 66.8 Å². The van der Waals surface area contributed by atoms with E-state index in [0.717, 1.165) is 66.1 Å². The SMILES string of the molecule is CC1(C)c2cc(-c3ccccc3)ccc2-c2ccc(-c3cccc4c3oc3cc5c(cc34)oc3c(-c4ccc6c(c4)C(C)(C)c4cc(-c7ccccc7)ccc4-6)cccc35)cc21. The topological polar surface area (TPSA) is 26.3 Å². The molecule has 9 aromatic carbocycles. The minimum absolute atomic E-state index is 0.148. The van der Waals surface area contributed by atoms with Gasteiger partial charge in [0.25, 0.3) is 0 Å². The molecule has 2 heteroatoms. The zero-order chi connectivity index (χ0) is 41.5.